The van der Waals surface area contributed by atoms with Gasteiger partial charge in [-0.1, -0.05) is 25.0 Å². The van der Waals surface area contributed by atoms with Crippen molar-refractivity contribution >= 4 is 0 Å². The van der Waals surface area contributed by atoms with Gasteiger partial charge in [0.1, 0.15) is 12.4 Å². The van der Waals surface area contributed by atoms with Crippen LogP contribution in [0.25, 0.3) is 0 Å². The number of ether oxygens (including phenoxy) is 2. The van der Waals surface area contributed by atoms with Gasteiger partial charge in [-0.25, -0.2) is 0 Å². The van der Waals surface area contributed by atoms with Crippen LogP contribution in [-0.2, 0) is 4.74 Å². The maximum atomic E-state index is 10.0. The predicted molar refractivity (Wildman–Crippen MR) is 83.6 cm³/mol. The molecular formula is C17H27NO3. The number of nitrogens with one attached hydrogen (secondary N) is 1. The highest BCUT2D eigenvalue weighted by atomic mass is 16.5. The lowest BCUT2D eigenvalue weighted by Gasteiger charge is -2.31. The van der Waals surface area contributed by atoms with Gasteiger partial charge in [-0.05, 0) is 37.5 Å². The highest BCUT2D eigenvalue weighted by molar-refractivity contribution is 5.29. The van der Waals surface area contributed by atoms with Crippen LogP contribution >= 0.6 is 0 Å². The van der Waals surface area contributed by atoms with E-state index in [0.717, 1.165) is 25.0 Å². The van der Waals surface area contributed by atoms with Gasteiger partial charge in [0, 0.05) is 19.2 Å². The van der Waals surface area contributed by atoms with E-state index in [2.05, 4.69) is 24.4 Å². The summed E-state index contributed by atoms with van der Waals surface area (Å²) in [6.45, 7) is 3.30. The first kappa shape index (κ1) is 16.3. The highest BCUT2D eigenvalue weighted by Crippen LogP contribution is 2.23. The Morgan fingerprint density at radius 1 is 1.19 bits per heavy atom. The largest absolute Gasteiger partial charge is 0.491 e. The first-order chi connectivity index (χ1) is 10.2. The topological polar surface area (TPSA) is 50.7 Å². The molecule has 0 saturated heterocycles. The summed E-state index contributed by atoms with van der Waals surface area (Å²) in [6, 6.07) is 8.58. The minimum absolute atomic E-state index is 0.210. The molecule has 2 N–H and O–H groups in total. The van der Waals surface area contributed by atoms with Crippen molar-refractivity contribution in [1.82, 2.24) is 5.32 Å². The first-order valence-electron chi connectivity index (χ1n) is 7.86. The molecule has 4 nitrogen and oxygen atoms in total. The van der Waals surface area contributed by atoms with Crippen molar-refractivity contribution in [3.8, 4) is 5.75 Å². The molecule has 118 valence electrons. The molecule has 3 atom stereocenters. The highest BCUT2D eigenvalue weighted by Gasteiger charge is 2.24. The Bertz CT molecular complexity index is 407. The molecule has 1 aliphatic carbocycles. The third kappa shape index (κ3) is 4.99. The van der Waals surface area contributed by atoms with E-state index < -0.39 is 0 Å². The maximum Gasteiger partial charge on any atom is 0.119 e. The predicted octanol–water partition coefficient (Wildman–Crippen LogP) is 2.67. The second-order valence-corrected chi connectivity index (χ2v) is 5.76. The summed E-state index contributed by atoms with van der Waals surface area (Å²) in [5.41, 5.74) is 1.21. The second kappa shape index (κ2) is 8.37. The molecule has 0 radical (unpaired) electrons. The molecule has 0 bridgehead atoms. The number of hydrogen-bond acceptors (Lipinski definition) is 4. The Kier molecular flexibility index (Phi) is 6.49. The Hall–Kier alpha value is -1.10. The van der Waals surface area contributed by atoms with Crippen molar-refractivity contribution in [2.75, 3.05) is 20.3 Å². The Morgan fingerprint density at radius 2 is 1.90 bits per heavy atom. The van der Waals surface area contributed by atoms with Gasteiger partial charge in [0.05, 0.1) is 12.7 Å². The van der Waals surface area contributed by atoms with Gasteiger partial charge in [-0.2, -0.15) is 0 Å². The van der Waals surface area contributed by atoms with Crippen molar-refractivity contribution in [1.29, 1.82) is 0 Å². The van der Waals surface area contributed by atoms with Gasteiger partial charge in [0.15, 0.2) is 0 Å². The van der Waals surface area contributed by atoms with E-state index in [-0.39, 0.29) is 18.2 Å². The van der Waals surface area contributed by atoms with Crippen molar-refractivity contribution in [2.45, 2.75) is 50.8 Å². The summed E-state index contributed by atoms with van der Waals surface area (Å²) >= 11 is 0. The van der Waals surface area contributed by atoms with Crippen LogP contribution in [0.15, 0.2) is 24.3 Å². The van der Waals surface area contributed by atoms with Crippen LogP contribution in [-0.4, -0.2) is 37.6 Å². The molecule has 1 aromatic carbocycles. The monoisotopic (exact) mass is 293 g/mol. The number of aliphatic hydroxyl groups is 1. The Morgan fingerprint density at radius 3 is 2.57 bits per heavy atom. The zero-order valence-electron chi connectivity index (χ0n) is 13.0. The molecule has 1 fully saturated rings. The Labute approximate surface area is 127 Å². The summed E-state index contributed by atoms with van der Waals surface area (Å²) in [5.74, 6) is 0.862. The molecular weight excluding hydrogens is 266 g/mol. The normalized spacial score (nSPS) is 23.8. The zero-order valence-corrected chi connectivity index (χ0v) is 13.0. The molecule has 1 aromatic rings. The lowest BCUT2D eigenvalue weighted by molar-refractivity contribution is 0.0859. The van der Waals surface area contributed by atoms with E-state index in [1.165, 1.54) is 12.0 Å². The fourth-order valence-corrected chi connectivity index (χ4v) is 2.82. The number of methoxy groups -OCH3 is 1. The van der Waals surface area contributed by atoms with Gasteiger partial charge in [-0.15, -0.1) is 0 Å². The summed E-state index contributed by atoms with van der Waals surface area (Å²) < 4.78 is 10.5. The van der Waals surface area contributed by atoms with Crippen LogP contribution in [0.3, 0.4) is 0 Å². The van der Waals surface area contributed by atoms with Gasteiger partial charge < -0.3 is 19.9 Å². The SMILES string of the molecule is COCCOc1ccc([C@H](C)N[C@H]2CCCC[C@@H]2O)cc1. The molecule has 0 amide bonds. The summed E-state index contributed by atoms with van der Waals surface area (Å²) in [4.78, 5) is 0. The van der Waals surface area contributed by atoms with Crippen LogP contribution in [0.1, 0.15) is 44.2 Å². The van der Waals surface area contributed by atoms with Crippen LogP contribution < -0.4 is 10.1 Å². The molecule has 0 spiro atoms. The maximum absolute atomic E-state index is 10.0. The number of rotatable bonds is 7. The molecule has 0 aliphatic heterocycles. The van der Waals surface area contributed by atoms with Crippen molar-refractivity contribution in [3.63, 3.8) is 0 Å². The average molecular weight is 293 g/mol. The summed E-state index contributed by atoms with van der Waals surface area (Å²) in [6.07, 6.45) is 4.10. The van der Waals surface area contributed by atoms with Crippen molar-refractivity contribution < 1.29 is 14.6 Å². The molecule has 4 heteroatoms. The summed E-state index contributed by atoms with van der Waals surface area (Å²) in [7, 11) is 1.67. The standard InChI is InChI=1S/C17H27NO3/c1-13(18-16-5-3-4-6-17(16)19)14-7-9-15(10-8-14)21-12-11-20-2/h7-10,13,16-19H,3-6,11-12H2,1-2H3/t13-,16-,17-/m0/s1. The van der Waals surface area contributed by atoms with Crippen molar-refractivity contribution in [3.05, 3.63) is 29.8 Å². The summed E-state index contributed by atoms with van der Waals surface area (Å²) in [5, 5.41) is 13.6. The minimum Gasteiger partial charge on any atom is -0.491 e. The molecule has 1 saturated carbocycles. The van der Waals surface area contributed by atoms with E-state index >= 15 is 0 Å². The molecule has 1 aliphatic rings. The van der Waals surface area contributed by atoms with E-state index in [0.29, 0.717) is 13.2 Å². The van der Waals surface area contributed by atoms with Crippen molar-refractivity contribution in [2.24, 2.45) is 0 Å². The minimum atomic E-state index is -0.210. The molecule has 0 heterocycles. The lowest BCUT2D eigenvalue weighted by Crippen LogP contribution is -2.43. The second-order valence-electron chi connectivity index (χ2n) is 5.76. The third-order valence-corrected chi connectivity index (χ3v) is 4.13. The number of aliphatic hydroxyl groups excluding tert-OH is 1. The smallest absolute Gasteiger partial charge is 0.119 e. The van der Waals surface area contributed by atoms with Crippen LogP contribution in [0.2, 0.25) is 0 Å². The third-order valence-electron chi connectivity index (χ3n) is 4.13. The van der Waals surface area contributed by atoms with Gasteiger partial charge >= 0.3 is 0 Å². The first-order valence-corrected chi connectivity index (χ1v) is 7.86. The van der Waals surface area contributed by atoms with Crippen LogP contribution in [0.5, 0.6) is 5.75 Å². The van der Waals surface area contributed by atoms with E-state index in [1.54, 1.807) is 7.11 Å². The van der Waals surface area contributed by atoms with E-state index in [4.69, 9.17) is 9.47 Å². The fraction of sp³-hybridized carbons (Fsp3) is 0.647. The molecule has 0 aromatic heterocycles. The molecule has 21 heavy (non-hydrogen) atoms. The van der Waals surface area contributed by atoms with Gasteiger partial charge in [-0.3, -0.25) is 0 Å². The van der Waals surface area contributed by atoms with Gasteiger partial charge in [0.25, 0.3) is 0 Å². The van der Waals surface area contributed by atoms with Crippen LogP contribution in [0, 0.1) is 0 Å². The quantitative estimate of drug-likeness (QED) is 0.759. The zero-order chi connectivity index (χ0) is 15.1. The lowest BCUT2D eigenvalue weighted by atomic mass is 9.91. The van der Waals surface area contributed by atoms with Gasteiger partial charge in [0.2, 0.25) is 0 Å². The average Bonchev–Trinajstić information content (AvgIpc) is 2.50. The number of benzene rings is 1. The van der Waals surface area contributed by atoms with Crippen LogP contribution in [0.4, 0.5) is 0 Å². The fourth-order valence-electron chi connectivity index (χ4n) is 2.82. The molecule has 0 unspecified atom stereocenters. The molecule has 2 rings (SSSR count). The number of hydrogen-bond donors (Lipinski definition) is 2. The van der Waals surface area contributed by atoms with E-state index in [9.17, 15) is 5.11 Å². The van der Waals surface area contributed by atoms with E-state index in [1.807, 2.05) is 12.1 Å². The Balaban J connectivity index is 1.85.